The second-order valence-electron chi connectivity index (χ2n) is 8.15. The number of hydrogen-bond acceptors (Lipinski definition) is 7. The number of thiazole rings is 1. The van der Waals surface area contributed by atoms with Gasteiger partial charge in [-0.15, -0.1) is 0 Å². The Balaban J connectivity index is 1.48. The number of phenolic OH excluding ortho intramolecular Hbond substituents is 1. The number of hydrogen-bond donors (Lipinski definition) is 2. The smallest absolute Gasteiger partial charge is 0.229 e. The molecule has 1 aliphatic rings. The predicted octanol–water partition coefficient (Wildman–Crippen LogP) is 5.28. The van der Waals surface area contributed by atoms with E-state index in [-0.39, 0.29) is 0 Å². The third-order valence-electron chi connectivity index (χ3n) is 5.95. The standard InChI is InChI=1S/C23H25N5OS/c1-14(2)28-11-9-15(10-12-28)20-18(29)8-7-16-13-24-22(26-21(16)20)27-23-25-17-5-3-4-6-19(17)30-23/h3-8,13-15,29H,9-12H2,1-2H3,(H,24,25,26,27). The molecule has 0 spiro atoms. The predicted molar refractivity (Wildman–Crippen MR) is 123 cm³/mol. The minimum absolute atomic E-state index is 0.300. The SMILES string of the molecule is CC(C)N1CCC(c2c(O)ccc3cnc(Nc4nc5ccccc5s4)nc23)CC1. The van der Waals surface area contributed by atoms with Crippen LogP contribution in [0, 0.1) is 0 Å². The van der Waals surface area contributed by atoms with Crippen molar-refractivity contribution in [2.75, 3.05) is 18.4 Å². The first-order valence-electron chi connectivity index (χ1n) is 10.4. The fourth-order valence-electron chi connectivity index (χ4n) is 4.30. The van der Waals surface area contributed by atoms with Gasteiger partial charge in [0.15, 0.2) is 5.13 Å². The Morgan fingerprint density at radius 2 is 1.90 bits per heavy atom. The van der Waals surface area contributed by atoms with Crippen molar-refractivity contribution in [1.29, 1.82) is 0 Å². The number of piperidine rings is 1. The lowest BCUT2D eigenvalue weighted by Crippen LogP contribution is -2.37. The van der Waals surface area contributed by atoms with Crippen molar-refractivity contribution in [3.8, 4) is 5.75 Å². The van der Waals surface area contributed by atoms with Crippen molar-refractivity contribution in [3.63, 3.8) is 0 Å². The highest BCUT2D eigenvalue weighted by molar-refractivity contribution is 7.22. The van der Waals surface area contributed by atoms with Crippen LogP contribution in [0.1, 0.15) is 38.2 Å². The highest BCUT2D eigenvalue weighted by Crippen LogP contribution is 2.38. The number of aromatic nitrogens is 3. The molecular formula is C23H25N5OS. The molecule has 0 atom stereocenters. The summed E-state index contributed by atoms with van der Waals surface area (Å²) in [6.07, 6.45) is 3.87. The van der Waals surface area contributed by atoms with Gasteiger partial charge < -0.3 is 10.0 Å². The summed E-state index contributed by atoms with van der Waals surface area (Å²) in [6, 6.07) is 12.3. The van der Waals surface area contributed by atoms with E-state index in [0.29, 0.717) is 23.7 Å². The van der Waals surface area contributed by atoms with Crippen LogP contribution < -0.4 is 5.32 Å². The van der Waals surface area contributed by atoms with Crippen LogP contribution in [-0.4, -0.2) is 44.1 Å². The first-order chi connectivity index (χ1) is 14.6. The first-order valence-corrected chi connectivity index (χ1v) is 11.3. The van der Waals surface area contributed by atoms with E-state index in [1.54, 1.807) is 17.4 Å². The van der Waals surface area contributed by atoms with Crippen molar-refractivity contribution >= 4 is 43.5 Å². The van der Waals surface area contributed by atoms with Gasteiger partial charge in [-0.3, -0.25) is 5.32 Å². The Morgan fingerprint density at radius 3 is 2.67 bits per heavy atom. The van der Waals surface area contributed by atoms with Crippen molar-refractivity contribution in [3.05, 3.63) is 48.2 Å². The van der Waals surface area contributed by atoms with E-state index in [4.69, 9.17) is 4.98 Å². The van der Waals surface area contributed by atoms with E-state index in [1.165, 1.54) is 0 Å². The summed E-state index contributed by atoms with van der Waals surface area (Å²) in [5.41, 5.74) is 2.74. The van der Waals surface area contributed by atoms with Gasteiger partial charge in [0.25, 0.3) is 0 Å². The molecule has 0 unspecified atom stereocenters. The minimum atomic E-state index is 0.300. The van der Waals surface area contributed by atoms with Gasteiger partial charge in [0.1, 0.15) is 5.75 Å². The van der Waals surface area contributed by atoms with Crippen molar-refractivity contribution in [1.82, 2.24) is 19.9 Å². The second kappa shape index (κ2) is 7.81. The molecular weight excluding hydrogens is 394 g/mol. The van der Waals surface area contributed by atoms with Gasteiger partial charge in [-0.05, 0) is 70.0 Å². The zero-order valence-corrected chi connectivity index (χ0v) is 18.0. The van der Waals surface area contributed by atoms with E-state index in [9.17, 15) is 5.11 Å². The average molecular weight is 420 g/mol. The molecule has 1 aliphatic heterocycles. The molecule has 154 valence electrons. The highest BCUT2D eigenvalue weighted by Gasteiger charge is 2.26. The number of phenols is 1. The van der Waals surface area contributed by atoms with E-state index in [1.807, 2.05) is 30.5 Å². The quantitative estimate of drug-likeness (QED) is 0.469. The van der Waals surface area contributed by atoms with Crippen molar-refractivity contribution < 1.29 is 5.11 Å². The van der Waals surface area contributed by atoms with Gasteiger partial charge in [0.2, 0.25) is 5.95 Å². The average Bonchev–Trinajstić information content (AvgIpc) is 3.16. The minimum Gasteiger partial charge on any atom is -0.508 e. The molecule has 0 bridgehead atoms. The number of fused-ring (bicyclic) bond motifs is 2. The number of rotatable bonds is 4. The van der Waals surface area contributed by atoms with Crippen LogP contribution in [0.15, 0.2) is 42.6 Å². The number of likely N-dealkylation sites (tertiary alicyclic amines) is 1. The molecule has 30 heavy (non-hydrogen) atoms. The number of aromatic hydroxyl groups is 1. The van der Waals surface area contributed by atoms with Crippen LogP contribution >= 0.6 is 11.3 Å². The Morgan fingerprint density at radius 1 is 1.10 bits per heavy atom. The summed E-state index contributed by atoms with van der Waals surface area (Å²) >= 11 is 1.58. The number of para-hydroxylation sites is 1. The van der Waals surface area contributed by atoms with Crippen LogP contribution in [0.2, 0.25) is 0 Å². The fraction of sp³-hybridized carbons (Fsp3) is 0.348. The summed E-state index contributed by atoms with van der Waals surface area (Å²) in [5.74, 6) is 1.14. The molecule has 0 amide bonds. The van der Waals surface area contributed by atoms with E-state index in [2.05, 4.69) is 40.1 Å². The maximum absolute atomic E-state index is 10.7. The molecule has 0 saturated carbocycles. The maximum atomic E-state index is 10.7. The summed E-state index contributed by atoms with van der Waals surface area (Å²) in [4.78, 5) is 16.4. The lowest BCUT2D eigenvalue weighted by molar-refractivity contribution is 0.171. The second-order valence-corrected chi connectivity index (χ2v) is 9.18. The largest absolute Gasteiger partial charge is 0.508 e. The molecule has 4 aromatic rings. The zero-order valence-electron chi connectivity index (χ0n) is 17.2. The summed E-state index contributed by atoms with van der Waals surface area (Å²) < 4.78 is 1.12. The van der Waals surface area contributed by atoms with E-state index in [0.717, 1.165) is 57.7 Å². The first kappa shape index (κ1) is 19.2. The van der Waals surface area contributed by atoms with Crippen molar-refractivity contribution in [2.24, 2.45) is 0 Å². The highest BCUT2D eigenvalue weighted by atomic mass is 32.1. The topological polar surface area (TPSA) is 74.2 Å². The van der Waals surface area contributed by atoms with E-state index < -0.39 is 0 Å². The number of nitrogens with one attached hydrogen (secondary N) is 1. The van der Waals surface area contributed by atoms with Gasteiger partial charge in [-0.1, -0.05) is 23.5 Å². The molecule has 3 heterocycles. The van der Waals surface area contributed by atoms with Crippen LogP contribution in [0.5, 0.6) is 5.75 Å². The van der Waals surface area contributed by atoms with Crippen molar-refractivity contribution in [2.45, 2.75) is 38.6 Å². The zero-order chi connectivity index (χ0) is 20.7. The molecule has 0 radical (unpaired) electrons. The summed E-state index contributed by atoms with van der Waals surface area (Å²) in [5, 5.41) is 15.7. The molecule has 2 aromatic carbocycles. The van der Waals surface area contributed by atoms with Crippen LogP contribution in [-0.2, 0) is 0 Å². The number of benzene rings is 2. The van der Waals surface area contributed by atoms with Crippen LogP contribution in [0.25, 0.3) is 21.1 Å². The molecule has 0 aliphatic carbocycles. The fourth-order valence-corrected chi connectivity index (χ4v) is 5.16. The van der Waals surface area contributed by atoms with E-state index >= 15 is 0 Å². The third kappa shape index (κ3) is 3.59. The maximum Gasteiger partial charge on any atom is 0.229 e. The summed E-state index contributed by atoms with van der Waals surface area (Å²) in [7, 11) is 0. The molecule has 2 aromatic heterocycles. The van der Waals surface area contributed by atoms with Gasteiger partial charge in [-0.25, -0.2) is 15.0 Å². The third-order valence-corrected chi connectivity index (χ3v) is 6.90. The molecule has 2 N–H and O–H groups in total. The number of anilines is 2. The van der Waals surface area contributed by atoms with Crippen LogP contribution in [0.4, 0.5) is 11.1 Å². The van der Waals surface area contributed by atoms with Crippen LogP contribution in [0.3, 0.4) is 0 Å². The molecule has 7 heteroatoms. The molecule has 1 saturated heterocycles. The molecule has 6 nitrogen and oxygen atoms in total. The Bertz CT molecular complexity index is 1160. The summed E-state index contributed by atoms with van der Waals surface area (Å²) in [6.45, 7) is 6.56. The Labute approximate surface area is 179 Å². The van der Waals surface area contributed by atoms with Gasteiger partial charge >= 0.3 is 0 Å². The number of nitrogens with zero attached hydrogens (tertiary/aromatic N) is 4. The lowest BCUT2D eigenvalue weighted by atomic mass is 9.87. The molecule has 5 rings (SSSR count). The monoisotopic (exact) mass is 419 g/mol. The van der Waals surface area contributed by atoms with Gasteiger partial charge in [0, 0.05) is 23.2 Å². The Hall–Kier alpha value is -2.77. The van der Waals surface area contributed by atoms with Gasteiger partial charge in [0.05, 0.1) is 15.7 Å². The van der Waals surface area contributed by atoms with Gasteiger partial charge in [-0.2, -0.15) is 0 Å². The lowest BCUT2D eigenvalue weighted by Gasteiger charge is -2.35. The normalized spacial score (nSPS) is 16.0. The molecule has 1 fully saturated rings. The Kier molecular flexibility index (Phi) is 5.00.